The average Bonchev–Trinajstić information content (AvgIpc) is 2.86. The van der Waals surface area contributed by atoms with Crippen LogP contribution in [0, 0.1) is 0 Å². The maximum absolute atomic E-state index is 12.5. The molecule has 1 atom stereocenters. The molecule has 106 valence electrons. The van der Waals surface area contributed by atoms with E-state index in [2.05, 4.69) is 11.8 Å². The van der Waals surface area contributed by atoms with Gasteiger partial charge in [0.15, 0.2) is 5.78 Å². The van der Waals surface area contributed by atoms with Gasteiger partial charge in [-0.05, 0) is 38.4 Å². The third kappa shape index (κ3) is 3.59. The summed E-state index contributed by atoms with van der Waals surface area (Å²) in [4.78, 5) is 15.7. The Morgan fingerprint density at radius 2 is 2.11 bits per heavy atom. The third-order valence-corrected chi connectivity index (χ3v) is 5.35. The van der Waals surface area contributed by atoms with E-state index in [0.717, 1.165) is 11.4 Å². The van der Waals surface area contributed by atoms with Crippen LogP contribution in [-0.4, -0.2) is 29.3 Å². The highest BCUT2D eigenvalue weighted by Gasteiger charge is 2.29. The Hall–Kier alpha value is -0.380. The molecule has 0 saturated heterocycles. The Morgan fingerprint density at radius 3 is 2.63 bits per heavy atom. The van der Waals surface area contributed by atoms with E-state index in [4.69, 9.17) is 11.6 Å². The number of thiophene rings is 1. The molecular formula is C15H22ClNOS. The molecule has 0 bridgehead atoms. The first-order valence-corrected chi connectivity index (χ1v) is 8.38. The van der Waals surface area contributed by atoms with Crippen molar-refractivity contribution >= 4 is 28.7 Å². The summed E-state index contributed by atoms with van der Waals surface area (Å²) in [5.41, 5.74) is 0. The average molecular weight is 300 g/mol. The summed E-state index contributed by atoms with van der Waals surface area (Å²) in [5, 5.41) is 0. The summed E-state index contributed by atoms with van der Waals surface area (Å²) in [7, 11) is 0. The minimum atomic E-state index is -0.0391. The van der Waals surface area contributed by atoms with Crippen LogP contribution in [0.2, 0.25) is 4.34 Å². The molecule has 0 N–H and O–H groups in total. The number of likely N-dealkylation sites (N-methyl/N-ethyl adjacent to an activating group) is 1. The van der Waals surface area contributed by atoms with Gasteiger partial charge in [0.25, 0.3) is 0 Å². The fourth-order valence-corrected chi connectivity index (χ4v) is 4.13. The van der Waals surface area contributed by atoms with Gasteiger partial charge in [-0.2, -0.15) is 0 Å². The lowest BCUT2D eigenvalue weighted by Gasteiger charge is -2.37. The maximum atomic E-state index is 12.5. The van der Waals surface area contributed by atoms with E-state index in [1.807, 2.05) is 19.1 Å². The minimum absolute atomic E-state index is 0.0391. The Kier molecular flexibility index (Phi) is 5.43. The monoisotopic (exact) mass is 299 g/mol. The second kappa shape index (κ2) is 6.87. The summed E-state index contributed by atoms with van der Waals surface area (Å²) in [5.74, 6) is 0.212. The summed E-state index contributed by atoms with van der Waals surface area (Å²) >= 11 is 7.31. The molecule has 0 amide bonds. The number of nitrogens with zero attached hydrogens (tertiary/aromatic N) is 1. The third-order valence-electron chi connectivity index (χ3n) is 4.10. The largest absolute Gasteiger partial charge is 0.291 e. The Morgan fingerprint density at radius 1 is 1.42 bits per heavy atom. The SMILES string of the molecule is CCN(C1CCCCC1)C(C)C(=O)c1ccc(Cl)s1. The topological polar surface area (TPSA) is 20.3 Å². The highest BCUT2D eigenvalue weighted by atomic mass is 35.5. The number of rotatable bonds is 5. The van der Waals surface area contributed by atoms with Crippen molar-refractivity contribution in [2.75, 3.05) is 6.54 Å². The van der Waals surface area contributed by atoms with Crippen LogP contribution in [0.4, 0.5) is 0 Å². The zero-order valence-corrected chi connectivity index (χ0v) is 13.3. The number of Topliss-reactive ketones (excluding diaryl/α,β-unsaturated/α-hetero) is 1. The molecule has 4 heteroatoms. The van der Waals surface area contributed by atoms with Gasteiger partial charge in [0.1, 0.15) is 0 Å². The fraction of sp³-hybridized carbons (Fsp3) is 0.667. The summed E-state index contributed by atoms with van der Waals surface area (Å²) in [6.45, 7) is 5.13. The van der Waals surface area contributed by atoms with E-state index in [9.17, 15) is 4.79 Å². The van der Waals surface area contributed by atoms with Gasteiger partial charge < -0.3 is 0 Å². The number of ketones is 1. The van der Waals surface area contributed by atoms with Gasteiger partial charge in [-0.3, -0.25) is 9.69 Å². The molecule has 1 unspecified atom stereocenters. The highest BCUT2D eigenvalue weighted by molar-refractivity contribution is 7.18. The molecule has 2 rings (SSSR count). The fourth-order valence-electron chi connectivity index (χ4n) is 3.06. The van der Waals surface area contributed by atoms with Gasteiger partial charge in [0.2, 0.25) is 0 Å². The molecule has 0 spiro atoms. The van der Waals surface area contributed by atoms with Crippen molar-refractivity contribution in [1.29, 1.82) is 0 Å². The van der Waals surface area contributed by atoms with Crippen LogP contribution in [0.25, 0.3) is 0 Å². The molecule has 1 aliphatic rings. The first-order valence-electron chi connectivity index (χ1n) is 7.18. The van der Waals surface area contributed by atoms with Crippen molar-refractivity contribution in [2.45, 2.75) is 58.0 Å². The highest BCUT2D eigenvalue weighted by Crippen LogP contribution is 2.27. The second-order valence-corrected chi connectivity index (χ2v) is 6.98. The predicted molar refractivity (Wildman–Crippen MR) is 82.4 cm³/mol. The van der Waals surface area contributed by atoms with Gasteiger partial charge >= 0.3 is 0 Å². The van der Waals surface area contributed by atoms with Gasteiger partial charge in [0, 0.05) is 6.04 Å². The number of carbonyl (C=O) groups is 1. The number of hydrogen-bond donors (Lipinski definition) is 0. The smallest absolute Gasteiger partial charge is 0.189 e. The van der Waals surface area contributed by atoms with Gasteiger partial charge in [-0.25, -0.2) is 0 Å². The molecule has 1 aromatic heterocycles. The van der Waals surface area contributed by atoms with Crippen molar-refractivity contribution in [3.8, 4) is 0 Å². The Bertz CT molecular complexity index is 426. The van der Waals surface area contributed by atoms with Crippen LogP contribution in [-0.2, 0) is 0 Å². The second-order valence-electron chi connectivity index (χ2n) is 5.27. The molecular weight excluding hydrogens is 278 g/mol. The molecule has 0 radical (unpaired) electrons. The van der Waals surface area contributed by atoms with Crippen molar-refractivity contribution in [2.24, 2.45) is 0 Å². The van der Waals surface area contributed by atoms with Gasteiger partial charge in [0.05, 0.1) is 15.3 Å². The molecule has 0 aromatic carbocycles. The zero-order valence-electron chi connectivity index (χ0n) is 11.7. The first-order chi connectivity index (χ1) is 9.13. The van der Waals surface area contributed by atoms with Crippen LogP contribution in [0.15, 0.2) is 12.1 Å². The molecule has 1 saturated carbocycles. The van der Waals surface area contributed by atoms with Crippen molar-refractivity contribution in [3.05, 3.63) is 21.3 Å². The molecule has 1 heterocycles. The van der Waals surface area contributed by atoms with E-state index in [0.29, 0.717) is 10.4 Å². The molecule has 19 heavy (non-hydrogen) atoms. The number of carbonyl (C=O) groups excluding carboxylic acids is 1. The summed E-state index contributed by atoms with van der Waals surface area (Å²) in [6.07, 6.45) is 6.41. The lowest BCUT2D eigenvalue weighted by molar-refractivity contribution is 0.0722. The molecule has 1 aliphatic carbocycles. The Labute approximate surface area is 124 Å². The van der Waals surface area contributed by atoms with Crippen molar-refractivity contribution in [1.82, 2.24) is 4.90 Å². The van der Waals surface area contributed by atoms with Gasteiger partial charge in [-0.15, -0.1) is 11.3 Å². The zero-order chi connectivity index (χ0) is 13.8. The lowest BCUT2D eigenvalue weighted by Crippen LogP contribution is -2.46. The first kappa shape index (κ1) is 15.0. The lowest BCUT2D eigenvalue weighted by atomic mass is 9.92. The van der Waals surface area contributed by atoms with Crippen LogP contribution < -0.4 is 0 Å². The minimum Gasteiger partial charge on any atom is -0.291 e. The quantitative estimate of drug-likeness (QED) is 0.739. The Balaban J connectivity index is 2.06. The summed E-state index contributed by atoms with van der Waals surface area (Å²) in [6, 6.07) is 4.19. The molecule has 2 nitrogen and oxygen atoms in total. The van der Waals surface area contributed by atoms with E-state index in [1.54, 1.807) is 0 Å². The van der Waals surface area contributed by atoms with Crippen LogP contribution in [0.3, 0.4) is 0 Å². The van der Waals surface area contributed by atoms with E-state index < -0.39 is 0 Å². The van der Waals surface area contributed by atoms with Crippen molar-refractivity contribution in [3.63, 3.8) is 0 Å². The van der Waals surface area contributed by atoms with E-state index in [-0.39, 0.29) is 11.8 Å². The van der Waals surface area contributed by atoms with Crippen molar-refractivity contribution < 1.29 is 4.79 Å². The molecule has 1 aromatic rings. The molecule has 1 fully saturated rings. The summed E-state index contributed by atoms with van der Waals surface area (Å²) < 4.78 is 0.691. The van der Waals surface area contributed by atoms with Crippen LogP contribution >= 0.6 is 22.9 Å². The van der Waals surface area contributed by atoms with Gasteiger partial charge in [-0.1, -0.05) is 37.8 Å². The van der Waals surface area contributed by atoms with E-state index in [1.165, 1.54) is 43.4 Å². The van der Waals surface area contributed by atoms with E-state index >= 15 is 0 Å². The predicted octanol–water partition coefficient (Wildman–Crippen LogP) is 4.63. The standard InChI is InChI=1S/C15H22ClNOS/c1-3-17(12-7-5-4-6-8-12)11(2)15(18)13-9-10-14(16)19-13/h9-12H,3-8H2,1-2H3. The molecule has 0 aliphatic heterocycles. The number of halogens is 1. The number of hydrogen-bond acceptors (Lipinski definition) is 3. The maximum Gasteiger partial charge on any atom is 0.189 e. The van der Waals surface area contributed by atoms with Crippen LogP contribution in [0.1, 0.15) is 55.6 Å². The van der Waals surface area contributed by atoms with Crippen LogP contribution in [0.5, 0.6) is 0 Å². The normalized spacial score (nSPS) is 18.7.